The molecule has 0 saturated heterocycles. The molecule has 3 atom stereocenters. The van der Waals surface area contributed by atoms with Gasteiger partial charge in [0, 0.05) is 18.8 Å². The van der Waals surface area contributed by atoms with Crippen LogP contribution in [0.3, 0.4) is 0 Å². The molecule has 3 aromatic carbocycles. The van der Waals surface area contributed by atoms with Gasteiger partial charge in [0.1, 0.15) is 24.7 Å². The third kappa shape index (κ3) is 12.9. The molecule has 0 aliphatic rings. The zero-order valence-corrected chi connectivity index (χ0v) is 26.9. The number of carbonyl (C=O) groups is 4. The number of nitrogens with two attached hydrogens (primary N) is 4. The number of benzene rings is 3. The van der Waals surface area contributed by atoms with Crippen LogP contribution in [0.1, 0.15) is 38.2 Å². The van der Waals surface area contributed by atoms with Crippen molar-refractivity contribution in [3.63, 3.8) is 0 Å². The van der Waals surface area contributed by atoms with Crippen molar-refractivity contribution >= 4 is 52.2 Å². The molecule has 0 unspecified atom stereocenters. The number of guanidine groups is 2. The Labute approximate surface area is 278 Å². The Morgan fingerprint density at radius 3 is 1.88 bits per heavy atom. The minimum atomic E-state index is -1.09. The van der Waals surface area contributed by atoms with E-state index >= 15 is 0 Å². The van der Waals surface area contributed by atoms with Gasteiger partial charge in [-0.2, -0.15) is 0 Å². The molecule has 15 heteroatoms. The molecule has 0 heterocycles. The van der Waals surface area contributed by atoms with Crippen LogP contribution in [0.5, 0.6) is 0 Å². The first-order valence-corrected chi connectivity index (χ1v) is 15.5. The predicted octanol–water partition coefficient (Wildman–Crippen LogP) is 1.17. The Morgan fingerprint density at radius 1 is 0.688 bits per heavy atom. The van der Waals surface area contributed by atoms with Gasteiger partial charge in [-0.3, -0.25) is 24.4 Å². The second-order valence-corrected chi connectivity index (χ2v) is 11.0. The van der Waals surface area contributed by atoms with Crippen LogP contribution in [0, 0.1) is 0 Å². The van der Waals surface area contributed by atoms with Crippen molar-refractivity contribution < 1.29 is 23.9 Å². The van der Waals surface area contributed by atoms with E-state index in [1.54, 1.807) is 18.2 Å². The van der Waals surface area contributed by atoms with Gasteiger partial charge in [0.05, 0.1) is 0 Å². The number of hydrogen-bond donors (Lipinski definition) is 8. The molecule has 0 fully saturated rings. The first-order valence-electron chi connectivity index (χ1n) is 15.5. The van der Waals surface area contributed by atoms with Crippen LogP contribution < -0.4 is 44.2 Å². The Bertz CT molecular complexity index is 1590. The van der Waals surface area contributed by atoms with Gasteiger partial charge in [0.15, 0.2) is 11.9 Å². The van der Waals surface area contributed by atoms with Crippen LogP contribution in [-0.4, -0.2) is 66.9 Å². The lowest BCUT2D eigenvalue weighted by Gasteiger charge is -2.24. The fraction of sp³-hybridized carbons (Fsp3) is 0.333. The summed E-state index contributed by atoms with van der Waals surface area (Å²) in [7, 11) is 0. The smallest absolute Gasteiger partial charge is 0.408 e. The molecule has 12 N–H and O–H groups in total. The van der Waals surface area contributed by atoms with Crippen molar-refractivity contribution in [1.82, 2.24) is 16.0 Å². The summed E-state index contributed by atoms with van der Waals surface area (Å²) in [5.74, 6) is -1.93. The number of nitrogens with zero attached hydrogens (tertiary/aromatic N) is 2. The number of anilines is 1. The number of ether oxygens (including phenoxy) is 1. The second-order valence-electron chi connectivity index (χ2n) is 11.0. The maximum Gasteiger partial charge on any atom is 0.408 e. The zero-order chi connectivity index (χ0) is 34.9. The van der Waals surface area contributed by atoms with Gasteiger partial charge >= 0.3 is 6.09 Å². The highest BCUT2D eigenvalue weighted by atomic mass is 16.5. The average Bonchev–Trinajstić information content (AvgIpc) is 3.06. The quantitative estimate of drug-likeness (QED) is 0.0586. The zero-order valence-electron chi connectivity index (χ0n) is 26.9. The van der Waals surface area contributed by atoms with Crippen LogP contribution in [0.25, 0.3) is 10.8 Å². The van der Waals surface area contributed by atoms with Gasteiger partial charge in [0.2, 0.25) is 17.7 Å². The summed E-state index contributed by atoms with van der Waals surface area (Å²) in [4.78, 5) is 60.4. The van der Waals surface area contributed by atoms with Gasteiger partial charge in [0.25, 0.3) is 0 Å². The van der Waals surface area contributed by atoms with Crippen LogP contribution in [0.15, 0.2) is 82.8 Å². The van der Waals surface area contributed by atoms with E-state index in [0.29, 0.717) is 18.5 Å². The topological polar surface area (TPSA) is 254 Å². The van der Waals surface area contributed by atoms with E-state index in [0.717, 1.165) is 16.3 Å². The molecule has 3 aromatic rings. The first kappa shape index (κ1) is 36.6. The van der Waals surface area contributed by atoms with Gasteiger partial charge in [-0.1, -0.05) is 60.7 Å². The standard InChI is InChI=1S/C33H44N10O5/c1-21(40-33(47)48-20-22-9-3-2-4-10-22)28(44)42-27(14-8-18-39-32(36)37)30(46)43-26(13-7-17-38-31(34)35)29(45)41-25-16-15-23-11-5-6-12-24(23)19-25/h2-6,9-12,15-16,19,21,26-27H,7-8,13-14,17-18,20H2,1H3,(H,40,47)(H,41,45)(H,42,44)(H,43,46)(H4,34,35,38)(H4,36,37,39)/t21-,26+,27-/m0/s1. The number of fused-ring (bicyclic) bond motifs is 1. The SMILES string of the molecule is C[C@H](NC(=O)OCc1ccccc1)C(=O)N[C@@H](CCCN=C(N)N)C(=O)N[C@H](CCCN=C(N)N)C(=O)Nc1ccc2ccccc2c1. The normalized spacial score (nSPS) is 12.4. The van der Waals surface area contributed by atoms with Crippen LogP contribution in [0.2, 0.25) is 0 Å². The molecule has 3 rings (SSSR count). The monoisotopic (exact) mass is 660 g/mol. The highest BCUT2D eigenvalue weighted by molar-refractivity contribution is 6.00. The lowest BCUT2D eigenvalue weighted by Crippen LogP contribution is -2.55. The first-order chi connectivity index (χ1) is 23.0. The molecule has 48 heavy (non-hydrogen) atoms. The summed E-state index contributed by atoms with van der Waals surface area (Å²) >= 11 is 0. The molecular formula is C33H44N10O5. The van der Waals surface area contributed by atoms with E-state index in [1.807, 2.05) is 54.6 Å². The van der Waals surface area contributed by atoms with Crippen molar-refractivity contribution in [2.75, 3.05) is 18.4 Å². The van der Waals surface area contributed by atoms with Crippen molar-refractivity contribution in [2.45, 2.75) is 57.3 Å². The number of carbonyl (C=O) groups excluding carboxylic acids is 4. The predicted molar refractivity (Wildman–Crippen MR) is 185 cm³/mol. The van der Waals surface area contributed by atoms with E-state index in [4.69, 9.17) is 27.7 Å². The summed E-state index contributed by atoms with van der Waals surface area (Å²) in [5, 5.41) is 12.7. The lowest BCUT2D eigenvalue weighted by molar-refractivity contribution is -0.131. The molecule has 0 aliphatic heterocycles. The molecule has 0 saturated carbocycles. The van der Waals surface area contributed by atoms with Gasteiger partial charge in [-0.15, -0.1) is 0 Å². The second kappa shape index (κ2) is 19.0. The van der Waals surface area contributed by atoms with Crippen LogP contribution >= 0.6 is 0 Å². The van der Waals surface area contributed by atoms with Crippen molar-refractivity contribution in [3.05, 3.63) is 78.4 Å². The Balaban J connectivity index is 1.70. The third-order valence-corrected chi connectivity index (χ3v) is 7.11. The number of aliphatic imine (C=N–C) groups is 2. The van der Waals surface area contributed by atoms with E-state index in [-0.39, 0.29) is 44.5 Å². The highest BCUT2D eigenvalue weighted by Crippen LogP contribution is 2.19. The number of nitrogens with one attached hydrogen (secondary N) is 4. The van der Waals surface area contributed by atoms with Gasteiger partial charge < -0.3 is 48.9 Å². The van der Waals surface area contributed by atoms with E-state index in [1.165, 1.54) is 6.92 Å². The van der Waals surface area contributed by atoms with E-state index in [2.05, 4.69) is 31.3 Å². The largest absolute Gasteiger partial charge is 0.445 e. The van der Waals surface area contributed by atoms with Crippen LogP contribution in [0.4, 0.5) is 10.5 Å². The molecule has 0 radical (unpaired) electrons. The molecule has 256 valence electrons. The fourth-order valence-corrected chi connectivity index (χ4v) is 4.62. The maximum atomic E-state index is 13.6. The van der Waals surface area contributed by atoms with Crippen molar-refractivity contribution in [1.29, 1.82) is 0 Å². The third-order valence-electron chi connectivity index (χ3n) is 7.11. The van der Waals surface area contributed by atoms with Crippen molar-refractivity contribution in [3.8, 4) is 0 Å². The molecule has 0 aliphatic carbocycles. The number of rotatable bonds is 17. The molecule has 0 aromatic heterocycles. The summed E-state index contributed by atoms with van der Waals surface area (Å²) in [6.45, 7) is 1.91. The number of hydrogen-bond acceptors (Lipinski definition) is 7. The average molecular weight is 661 g/mol. The maximum absolute atomic E-state index is 13.6. The summed E-state index contributed by atoms with van der Waals surface area (Å²) in [6.07, 6.45) is 0.229. The van der Waals surface area contributed by atoms with Crippen LogP contribution in [-0.2, 0) is 25.7 Å². The minimum absolute atomic E-state index is 0.0165. The Morgan fingerprint density at radius 2 is 1.25 bits per heavy atom. The van der Waals surface area contributed by atoms with Gasteiger partial charge in [-0.05, 0) is 61.1 Å². The Kier molecular flexibility index (Phi) is 14.5. The molecule has 4 amide bonds. The summed E-state index contributed by atoms with van der Waals surface area (Å²) < 4.78 is 5.20. The molecule has 15 nitrogen and oxygen atoms in total. The Hall–Kier alpha value is -5.86. The summed E-state index contributed by atoms with van der Waals surface area (Å²) in [5.41, 5.74) is 23.0. The van der Waals surface area contributed by atoms with E-state index < -0.39 is 41.9 Å². The van der Waals surface area contributed by atoms with E-state index in [9.17, 15) is 19.2 Å². The molecular weight excluding hydrogens is 616 g/mol. The number of alkyl carbamates (subject to hydrolysis) is 1. The van der Waals surface area contributed by atoms with Gasteiger partial charge in [-0.25, -0.2) is 4.79 Å². The summed E-state index contributed by atoms with van der Waals surface area (Å²) in [6, 6.07) is 19.1. The molecule has 0 spiro atoms. The fourth-order valence-electron chi connectivity index (χ4n) is 4.62. The lowest BCUT2D eigenvalue weighted by atomic mass is 10.1. The molecule has 0 bridgehead atoms. The van der Waals surface area contributed by atoms with Crippen molar-refractivity contribution in [2.24, 2.45) is 32.9 Å². The minimum Gasteiger partial charge on any atom is -0.445 e. The number of amides is 4. The highest BCUT2D eigenvalue weighted by Gasteiger charge is 2.28.